The first-order valence-corrected chi connectivity index (χ1v) is 6.13. The van der Waals surface area contributed by atoms with E-state index < -0.39 is 0 Å². The van der Waals surface area contributed by atoms with Gasteiger partial charge in [0.2, 0.25) is 5.96 Å². The highest BCUT2D eigenvalue weighted by atomic mass is 35.5. The van der Waals surface area contributed by atoms with Crippen LogP contribution in [0.5, 0.6) is 0 Å². The molecule has 1 saturated carbocycles. The van der Waals surface area contributed by atoms with Gasteiger partial charge < -0.3 is 5.32 Å². The Balaban J connectivity index is 2.19. The molecular formula is C11H14Cl2N4. The lowest BCUT2D eigenvalue weighted by Gasteiger charge is -2.12. The topological polar surface area (TPSA) is 62.4 Å². The number of aliphatic imine (C=N–C) groups is 1. The van der Waals surface area contributed by atoms with E-state index in [0.717, 1.165) is 18.4 Å². The fourth-order valence-electron chi connectivity index (χ4n) is 1.36. The molecule has 0 bridgehead atoms. The molecule has 92 valence electrons. The largest absolute Gasteiger partial charge is 0.324 e. The summed E-state index contributed by atoms with van der Waals surface area (Å²) in [6, 6.07) is 3.93. The maximum Gasteiger partial charge on any atom is 0.210 e. The first-order valence-electron chi connectivity index (χ1n) is 5.37. The zero-order valence-electron chi connectivity index (χ0n) is 9.43. The average Bonchev–Trinajstić information content (AvgIpc) is 3.08. The molecule has 2 rings (SSSR count). The predicted octanol–water partition coefficient (Wildman–Crippen LogP) is 2.70. The second-order valence-electron chi connectivity index (χ2n) is 4.06. The first kappa shape index (κ1) is 12.5. The van der Waals surface area contributed by atoms with Crippen molar-refractivity contribution < 1.29 is 0 Å². The Morgan fingerprint density at radius 3 is 2.65 bits per heavy atom. The molecule has 0 aliphatic heterocycles. The van der Waals surface area contributed by atoms with E-state index in [1.807, 2.05) is 6.92 Å². The third-order valence-electron chi connectivity index (χ3n) is 2.50. The van der Waals surface area contributed by atoms with Gasteiger partial charge in [-0.2, -0.15) is 0 Å². The molecule has 0 unspecified atom stereocenters. The van der Waals surface area contributed by atoms with Crippen molar-refractivity contribution in [2.45, 2.75) is 25.8 Å². The summed E-state index contributed by atoms with van der Waals surface area (Å²) in [4.78, 5) is 4.36. The maximum absolute atomic E-state index is 6.11. The summed E-state index contributed by atoms with van der Waals surface area (Å²) >= 11 is 12.2. The van der Waals surface area contributed by atoms with Gasteiger partial charge in [-0.15, -0.1) is 0 Å². The molecule has 17 heavy (non-hydrogen) atoms. The second-order valence-corrected chi connectivity index (χ2v) is 4.87. The SMILES string of the molecule is Cc1cc(Cl)c(NC(=NC2CC2)NN)cc1Cl. The third-order valence-corrected chi connectivity index (χ3v) is 3.22. The fourth-order valence-corrected chi connectivity index (χ4v) is 1.79. The first-order chi connectivity index (χ1) is 8.10. The highest BCUT2D eigenvalue weighted by Gasteiger charge is 2.21. The van der Waals surface area contributed by atoms with Crippen molar-refractivity contribution in [3.63, 3.8) is 0 Å². The Morgan fingerprint density at radius 1 is 1.35 bits per heavy atom. The maximum atomic E-state index is 6.11. The van der Waals surface area contributed by atoms with Crippen molar-refractivity contribution in [3.8, 4) is 0 Å². The molecule has 0 heterocycles. The number of benzene rings is 1. The van der Waals surface area contributed by atoms with E-state index in [1.165, 1.54) is 0 Å². The number of guanidine groups is 1. The third kappa shape index (κ3) is 3.25. The van der Waals surface area contributed by atoms with Crippen LogP contribution in [0.3, 0.4) is 0 Å². The Hall–Kier alpha value is -0.970. The van der Waals surface area contributed by atoms with E-state index in [2.05, 4.69) is 15.7 Å². The summed E-state index contributed by atoms with van der Waals surface area (Å²) in [6.07, 6.45) is 2.21. The molecule has 1 aliphatic rings. The molecule has 0 amide bonds. The van der Waals surface area contributed by atoms with E-state index in [1.54, 1.807) is 12.1 Å². The van der Waals surface area contributed by atoms with E-state index in [9.17, 15) is 0 Å². The molecule has 1 aromatic carbocycles. The number of hydrazine groups is 1. The Kier molecular flexibility index (Phi) is 3.76. The van der Waals surface area contributed by atoms with Gasteiger partial charge in [0.1, 0.15) is 0 Å². The predicted molar refractivity (Wildman–Crippen MR) is 72.6 cm³/mol. The van der Waals surface area contributed by atoms with E-state index in [0.29, 0.717) is 27.7 Å². The number of hydrogen-bond donors (Lipinski definition) is 3. The van der Waals surface area contributed by atoms with Crippen LogP contribution in [0.2, 0.25) is 10.0 Å². The van der Waals surface area contributed by atoms with Gasteiger partial charge in [0.15, 0.2) is 0 Å². The molecule has 4 N–H and O–H groups in total. The standard InChI is InChI=1S/C11H14Cl2N4/c1-6-4-9(13)10(5-8(6)12)16-11(17-14)15-7-2-3-7/h4-5,7H,2-3,14H2,1H3,(H2,15,16,17). The van der Waals surface area contributed by atoms with Gasteiger partial charge in [0.05, 0.1) is 16.8 Å². The highest BCUT2D eigenvalue weighted by Crippen LogP contribution is 2.29. The van der Waals surface area contributed by atoms with Crippen LogP contribution in [-0.2, 0) is 0 Å². The second kappa shape index (κ2) is 5.12. The summed E-state index contributed by atoms with van der Waals surface area (Å²) in [6.45, 7) is 1.90. The lowest BCUT2D eigenvalue weighted by Crippen LogP contribution is -2.36. The van der Waals surface area contributed by atoms with Gasteiger partial charge >= 0.3 is 0 Å². The molecule has 1 fully saturated rings. The number of hydrogen-bond acceptors (Lipinski definition) is 2. The molecule has 1 aromatic rings. The van der Waals surface area contributed by atoms with Crippen LogP contribution in [0, 0.1) is 6.92 Å². The number of nitrogens with one attached hydrogen (secondary N) is 2. The Labute approximate surface area is 110 Å². The lowest BCUT2D eigenvalue weighted by molar-refractivity contribution is 0.966. The number of halogens is 2. The fraction of sp³-hybridized carbons (Fsp3) is 0.364. The van der Waals surface area contributed by atoms with Crippen LogP contribution in [0.1, 0.15) is 18.4 Å². The van der Waals surface area contributed by atoms with Crippen molar-refractivity contribution in [2.24, 2.45) is 10.8 Å². The molecule has 4 nitrogen and oxygen atoms in total. The minimum atomic E-state index is 0.369. The summed E-state index contributed by atoms with van der Waals surface area (Å²) in [5.74, 6) is 5.90. The van der Waals surface area contributed by atoms with E-state index in [4.69, 9.17) is 29.0 Å². The van der Waals surface area contributed by atoms with E-state index >= 15 is 0 Å². The van der Waals surface area contributed by atoms with Crippen LogP contribution in [0.4, 0.5) is 5.69 Å². The van der Waals surface area contributed by atoms with Gasteiger partial charge in [0.25, 0.3) is 0 Å². The molecule has 6 heteroatoms. The number of nitrogens with two attached hydrogens (primary N) is 1. The molecule has 0 spiro atoms. The average molecular weight is 273 g/mol. The molecule has 1 aliphatic carbocycles. The van der Waals surface area contributed by atoms with Gasteiger partial charge in [-0.3, -0.25) is 5.43 Å². The van der Waals surface area contributed by atoms with Crippen molar-refractivity contribution >= 4 is 34.8 Å². The van der Waals surface area contributed by atoms with Crippen LogP contribution in [0.25, 0.3) is 0 Å². The van der Waals surface area contributed by atoms with Crippen molar-refractivity contribution in [1.29, 1.82) is 0 Å². The van der Waals surface area contributed by atoms with Crippen LogP contribution in [0.15, 0.2) is 17.1 Å². The number of rotatable bonds is 2. The summed E-state index contributed by atoms with van der Waals surface area (Å²) < 4.78 is 0. The van der Waals surface area contributed by atoms with Crippen LogP contribution < -0.4 is 16.6 Å². The molecule has 0 aromatic heterocycles. The van der Waals surface area contributed by atoms with Crippen LogP contribution >= 0.6 is 23.2 Å². The number of nitrogens with zero attached hydrogens (tertiary/aromatic N) is 1. The minimum Gasteiger partial charge on any atom is -0.324 e. The minimum absolute atomic E-state index is 0.369. The summed E-state index contributed by atoms with van der Waals surface area (Å²) in [7, 11) is 0. The summed E-state index contributed by atoms with van der Waals surface area (Å²) in [5.41, 5.74) is 4.15. The molecule has 0 saturated heterocycles. The number of anilines is 1. The Bertz CT molecular complexity index is 455. The van der Waals surface area contributed by atoms with Gasteiger partial charge in [-0.25, -0.2) is 10.8 Å². The summed E-state index contributed by atoms with van der Waals surface area (Å²) in [5, 5.41) is 4.27. The molecule has 0 atom stereocenters. The van der Waals surface area contributed by atoms with Crippen molar-refractivity contribution in [2.75, 3.05) is 5.32 Å². The highest BCUT2D eigenvalue weighted by molar-refractivity contribution is 6.36. The Morgan fingerprint density at radius 2 is 2.06 bits per heavy atom. The van der Waals surface area contributed by atoms with E-state index in [-0.39, 0.29) is 0 Å². The van der Waals surface area contributed by atoms with Crippen molar-refractivity contribution in [3.05, 3.63) is 27.7 Å². The van der Waals surface area contributed by atoms with Gasteiger partial charge in [-0.1, -0.05) is 23.2 Å². The normalized spacial score (nSPS) is 15.9. The quantitative estimate of drug-likeness (QED) is 0.336. The molecular weight excluding hydrogens is 259 g/mol. The zero-order valence-corrected chi connectivity index (χ0v) is 10.9. The zero-order chi connectivity index (χ0) is 12.4. The smallest absolute Gasteiger partial charge is 0.210 e. The lowest BCUT2D eigenvalue weighted by atomic mass is 10.2. The van der Waals surface area contributed by atoms with Gasteiger partial charge in [-0.05, 0) is 37.5 Å². The monoisotopic (exact) mass is 272 g/mol. The number of aryl methyl sites for hydroxylation is 1. The van der Waals surface area contributed by atoms with Crippen molar-refractivity contribution in [1.82, 2.24) is 5.43 Å². The molecule has 0 radical (unpaired) electrons. The van der Waals surface area contributed by atoms with Crippen LogP contribution in [-0.4, -0.2) is 12.0 Å². The van der Waals surface area contributed by atoms with Gasteiger partial charge in [0, 0.05) is 5.02 Å².